The summed E-state index contributed by atoms with van der Waals surface area (Å²) in [6.07, 6.45) is 0.153. The van der Waals surface area contributed by atoms with Crippen LogP contribution in [0.3, 0.4) is 0 Å². The first-order chi connectivity index (χ1) is 35.3. The largest absolute Gasteiger partial charge is 0.496 e. The van der Waals surface area contributed by atoms with Gasteiger partial charge < -0.3 is 54.2 Å². The number of likely N-dealkylation sites (N-methyl/N-ethyl adjacent to an activating group) is 1. The number of halogens is 2. The van der Waals surface area contributed by atoms with Crippen molar-refractivity contribution in [1.29, 1.82) is 0 Å². The Bertz CT molecular complexity index is 2440. The van der Waals surface area contributed by atoms with Crippen molar-refractivity contribution in [2.45, 2.75) is 26.9 Å². The number of carboxylic acids is 2. The number of ether oxygens (including phenoxy) is 6. The van der Waals surface area contributed by atoms with Gasteiger partial charge in [-0.15, -0.1) is 0 Å². The lowest BCUT2D eigenvalue weighted by Gasteiger charge is -2.33. The van der Waals surface area contributed by atoms with Gasteiger partial charge in [0.05, 0.1) is 103 Å². The van der Waals surface area contributed by atoms with Crippen LogP contribution < -0.4 is 20.1 Å². The predicted molar refractivity (Wildman–Crippen MR) is 276 cm³/mol. The average molecular weight is 1060 g/mol. The van der Waals surface area contributed by atoms with Crippen molar-refractivity contribution in [3.8, 4) is 39.6 Å². The van der Waals surface area contributed by atoms with E-state index in [0.29, 0.717) is 139 Å². The minimum atomic E-state index is -0.957. The zero-order valence-corrected chi connectivity index (χ0v) is 43.4. The van der Waals surface area contributed by atoms with Gasteiger partial charge in [0.15, 0.2) is 0 Å². The molecule has 0 aliphatic carbocycles. The van der Waals surface area contributed by atoms with Crippen molar-refractivity contribution >= 4 is 52.6 Å². The molecule has 6 rings (SSSR count). The van der Waals surface area contributed by atoms with Crippen molar-refractivity contribution in [3.05, 3.63) is 75.9 Å². The monoisotopic (exact) mass is 1050 g/mol. The number of anilines is 1. The second-order valence-corrected chi connectivity index (χ2v) is 18.4. The third kappa shape index (κ3) is 18.2. The van der Waals surface area contributed by atoms with Crippen molar-refractivity contribution in [3.63, 3.8) is 0 Å². The first kappa shape index (κ1) is 56.9. The number of aryl methyl sites for hydroxylation is 1. The minimum absolute atomic E-state index is 0.101. The Morgan fingerprint density at radius 3 is 1.82 bits per heavy atom. The number of hydrogen-bond acceptors (Lipinski definition) is 15. The van der Waals surface area contributed by atoms with E-state index in [-0.39, 0.29) is 44.5 Å². The highest BCUT2D eigenvalue weighted by atomic mass is 35.5. The molecule has 2 aliphatic heterocycles. The maximum absolute atomic E-state index is 12.9. The lowest BCUT2D eigenvalue weighted by Crippen LogP contribution is -2.49. The van der Waals surface area contributed by atoms with E-state index in [4.69, 9.17) is 56.7 Å². The summed E-state index contributed by atoms with van der Waals surface area (Å²) in [5, 5.41) is 30.5. The number of hydrogen-bond donors (Lipinski definition) is 4. The molecule has 3 heterocycles. The van der Waals surface area contributed by atoms with Crippen molar-refractivity contribution in [2.75, 3.05) is 150 Å². The quantitative estimate of drug-likeness (QED) is 0.0630. The standard InChI is InChI=1S/C51H68Cl2N8O12/c1-4-57-10-12-58(14-15-60(34-50(66)67)17-16-59(13-11-57)33-49(64)65)32-48(63)54-9-19-70-21-23-72-25-24-71-22-20-69-18-8-47(62)55-40-7-5-6-37(26-40)42-30-43-46(31-45(42)68-3)73-35-44-36(2)56-61(51(43)44)41-28-38(52)27-39(53)29-41/h5-7,26-31H,4,8-25,32-35H2,1-3H3,(H,54,63)(H,55,62)(H,64,65)(H,66,67). The van der Waals surface area contributed by atoms with Crippen molar-refractivity contribution < 1.29 is 57.8 Å². The molecule has 0 radical (unpaired) electrons. The van der Waals surface area contributed by atoms with Gasteiger partial charge in [-0.05, 0) is 55.4 Å². The van der Waals surface area contributed by atoms with Gasteiger partial charge in [0.25, 0.3) is 0 Å². The average Bonchev–Trinajstić information content (AvgIpc) is 3.70. The van der Waals surface area contributed by atoms with E-state index in [0.717, 1.165) is 45.9 Å². The number of aromatic nitrogens is 2. The van der Waals surface area contributed by atoms with Gasteiger partial charge in [-0.1, -0.05) is 42.3 Å². The Balaban J connectivity index is 0.828. The fourth-order valence-corrected chi connectivity index (χ4v) is 8.97. The molecule has 2 aliphatic rings. The number of amides is 2. The summed E-state index contributed by atoms with van der Waals surface area (Å²) in [4.78, 5) is 56.6. The molecule has 2 amide bonds. The highest BCUT2D eigenvalue weighted by Gasteiger charge is 2.28. The zero-order chi connectivity index (χ0) is 52.1. The highest BCUT2D eigenvalue weighted by molar-refractivity contribution is 6.34. The Labute approximate surface area is 436 Å². The molecule has 0 bridgehead atoms. The molecular formula is C51H68Cl2N8O12. The molecule has 1 aromatic heterocycles. The fourth-order valence-electron chi connectivity index (χ4n) is 8.46. The van der Waals surface area contributed by atoms with Crippen LogP contribution in [-0.4, -0.2) is 208 Å². The maximum Gasteiger partial charge on any atom is 0.317 e. The van der Waals surface area contributed by atoms with Crippen LogP contribution in [0.2, 0.25) is 10.0 Å². The normalized spacial score (nSPS) is 15.1. The van der Waals surface area contributed by atoms with Gasteiger partial charge in [-0.25, -0.2) is 4.68 Å². The second kappa shape index (κ2) is 29.5. The lowest BCUT2D eigenvalue weighted by atomic mass is 9.96. The number of benzene rings is 3. The van der Waals surface area contributed by atoms with Crippen LogP contribution >= 0.6 is 23.2 Å². The number of carbonyl (C=O) groups is 4. The van der Waals surface area contributed by atoms with Crippen LogP contribution in [0.25, 0.3) is 28.1 Å². The van der Waals surface area contributed by atoms with Crippen molar-refractivity contribution in [2.24, 2.45) is 0 Å². The third-order valence-electron chi connectivity index (χ3n) is 12.3. The Hall–Kier alpha value is -5.39. The summed E-state index contributed by atoms with van der Waals surface area (Å²) in [6.45, 7) is 12.3. The topological polar surface area (TPSA) is 219 Å². The van der Waals surface area contributed by atoms with E-state index in [1.54, 1.807) is 18.1 Å². The molecule has 22 heteroatoms. The SMILES string of the molecule is CCN1CCN(CC(=O)O)CCN(CC(=O)O)CCN(CC(=O)NCCOCCOCCOCCOCCC(=O)Nc2cccc(-c3cc4c(cc3OC)OCc3c(C)nn(-c5cc(Cl)cc(Cl)c5)c3-4)c2)CC1. The van der Waals surface area contributed by atoms with E-state index in [9.17, 15) is 29.4 Å². The van der Waals surface area contributed by atoms with E-state index in [1.807, 2.05) is 76.9 Å². The number of carbonyl (C=O) groups excluding carboxylic acids is 2. The number of methoxy groups -OCH3 is 1. The van der Waals surface area contributed by atoms with Crippen LogP contribution in [0, 0.1) is 6.92 Å². The summed E-state index contributed by atoms with van der Waals surface area (Å²) in [5.41, 5.74) is 6.45. The number of aliphatic carboxylic acids is 2. The molecule has 0 atom stereocenters. The van der Waals surface area contributed by atoms with Gasteiger partial charge in [0, 0.05) is 97.4 Å². The molecule has 20 nitrogen and oxygen atoms in total. The molecule has 0 saturated carbocycles. The first-order valence-corrected chi connectivity index (χ1v) is 25.3. The molecule has 0 spiro atoms. The molecule has 0 unspecified atom stereocenters. The van der Waals surface area contributed by atoms with Crippen LogP contribution in [0.15, 0.2) is 54.6 Å². The van der Waals surface area contributed by atoms with E-state index in [1.165, 1.54) is 0 Å². The van der Waals surface area contributed by atoms with Crippen LogP contribution in [0.5, 0.6) is 11.5 Å². The number of nitrogens with one attached hydrogen (secondary N) is 2. The second-order valence-electron chi connectivity index (χ2n) is 17.5. The summed E-state index contributed by atoms with van der Waals surface area (Å²) < 4.78 is 36.3. The Morgan fingerprint density at radius 2 is 1.25 bits per heavy atom. The van der Waals surface area contributed by atoms with Gasteiger partial charge in [0.1, 0.15) is 18.1 Å². The summed E-state index contributed by atoms with van der Waals surface area (Å²) in [5.74, 6) is -0.962. The van der Waals surface area contributed by atoms with Crippen LogP contribution in [0.4, 0.5) is 5.69 Å². The Morgan fingerprint density at radius 1 is 0.685 bits per heavy atom. The third-order valence-corrected chi connectivity index (χ3v) is 12.7. The zero-order valence-electron chi connectivity index (χ0n) is 41.9. The maximum atomic E-state index is 12.9. The lowest BCUT2D eigenvalue weighted by molar-refractivity contribution is -0.140. The van der Waals surface area contributed by atoms with Gasteiger partial charge in [-0.2, -0.15) is 5.10 Å². The molecule has 1 fully saturated rings. The number of carboxylic acid groups (broad SMARTS) is 2. The van der Waals surface area contributed by atoms with Crippen LogP contribution in [0.1, 0.15) is 24.6 Å². The van der Waals surface area contributed by atoms with Gasteiger partial charge in [0.2, 0.25) is 11.8 Å². The molecule has 73 heavy (non-hydrogen) atoms. The number of fused-ring (bicyclic) bond motifs is 3. The van der Waals surface area contributed by atoms with E-state index in [2.05, 4.69) is 15.5 Å². The van der Waals surface area contributed by atoms with Crippen LogP contribution in [-0.2, 0) is 44.7 Å². The fraction of sp³-hybridized carbons (Fsp3) is 0.510. The van der Waals surface area contributed by atoms with Crippen molar-refractivity contribution in [1.82, 2.24) is 34.7 Å². The first-order valence-electron chi connectivity index (χ1n) is 24.5. The Kier molecular flexibility index (Phi) is 23.0. The molecular weight excluding hydrogens is 988 g/mol. The number of nitrogens with zero attached hydrogens (tertiary/aromatic N) is 6. The molecule has 4 aromatic rings. The summed E-state index contributed by atoms with van der Waals surface area (Å²) >= 11 is 12.8. The smallest absolute Gasteiger partial charge is 0.317 e. The molecule has 1 saturated heterocycles. The van der Waals surface area contributed by atoms with E-state index < -0.39 is 11.9 Å². The minimum Gasteiger partial charge on any atom is -0.496 e. The molecule has 4 N–H and O–H groups in total. The summed E-state index contributed by atoms with van der Waals surface area (Å²) in [6, 6.07) is 16.7. The molecule has 398 valence electrons. The number of rotatable bonds is 26. The van der Waals surface area contributed by atoms with Gasteiger partial charge >= 0.3 is 11.9 Å². The summed E-state index contributed by atoms with van der Waals surface area (Å²) in [7, 11) is 1.61. The van der Waals surface area contributed by atoms with Gasteiger partial charge in [-0.3, -0.25) is 33.9 Å². The predicted octanol–water partition coefficient (Wildman–Crippen LogP) is 4.64. The highest BCUT2D eigenvalue weighted by Crippen LogP contribution is 2.46. The molecule has 3 aromatic carbocycles. The van der Waals surface area contributed by atoms with E-state index >= 15 is 0 Å².